The molecule has 1 radical (unpaired) electrons. The van der Waals surface area contributed by atoms with E-state index < -0.39 is 5.60 Å². The number of amides is 1. The first-order valence-electron chi connectivity index (χ1n) is 13.0. The third kappa shape index (κ3) is 6.58. The quantitative estimate of drug-likeness (QED) is 0.334. The summed E-state index contributed by atoms with van der Waals surface area (Å²) in [4.78, 5) is 30.0. The van der Waals surface area contributed by atoms with Gasteiger partial charge in [0.2, 0.25) is 0 Å². The first kappa shape index (κ1) is 26.3. The van der Waals surface area contributed by atoms with Gasteiger partial charge < -0.3 is 0 Å². The van der Waals surface area contributed by atoms with Crippen LogP contribution in [0, 0.1) is 5.82 Å². The molecule has 195 valence electrons. The first-order chi connectivity index (χ1) is 17.7. The van der Waals surface area contributed by atoms with Gasteiger partial charge in [0, 0.05) is 0 Å². The third-order valence-corrected chi connectivity index (χ3v) is 10.8. The fourth-order valence-corrected chi connectivity index (χ4v) is 8.70. The summed E-state index contributed by atoms with van der Waals surface area (Å²) in [6, 6.07) is 8.50. The summed E-state index contributed by atoms with van der Waals surface area (Å²) in [5.74, 6) is -0.0111. The molecule has 0 atom stereocenters. The van der Waals surface area contributed by atoms with E-state index in [1.165, 1.54) is 37.8 Å². The Morgan fingerprint density at radius 2 is 1.76 bits per heavy atom. The van der Waals surface area contributed by atoms with Crippen molar-refractivity contribution >= 4 is 37.8 Å². The number of aromatic nitrogens is 3. The van der Waals surface area contributed by atoms with Gasteiger partial charge in [0.05, 0.1) is 0 Å². The number of carbonyl (C=O) groups excluding carboxylic acids is 1. The standard InChI is InChI=1S/C28H33AsFN4O2S/c1-28(2,3)36-27(35)34-16-13-19(14-17-34)25-33-23(18-8-10-21(30)11-9-18)24(37-25)22-12-15-31-26(32-22)29-20-6-4-5-7-20/h8-12,15,19-20H,4-7,13-14,16-17H2,1-3H3. The molecule has 1 aliphatic carbocycles. The predicted molar refractivity (Wildman–Crippen MR) is 146 cm³/mol. The van der Waals surface area contributed by atoms with Crippen LogP contribution in [0.4, 0.5) is 9.18 Å². The van der Waals surface area contributed by atoms with Crippen LogP contribution in [0.2, 0.25) is 4.71 Å². The molecule has 1 saturated heterocycles. The molecule has 2 aliphatic rings. The average molecular weight is 584 g/mol. The van der Waals surface area contributed by atoms with Gasteiger partial charge in [-0.25, -0.2) is 0 Å². The maximum atomic E-state index is 13.7. The Hall–Kier alpha value is -2.31. The molecular formula is C28H33AsFN4O2S. The summed E-state index contributed by atoms with van der Waals surface area (Å²) < 4.78 is 21.0. The van der Waals surface area contributed by atoms with Crippen molar-refractivity contribution in [2.45, 2.75) is 75.5 Å². The number of hydrogen-bond donors (Lipinski definition) is 0. The second kappa shape index (κ2) is 11.2. The van der Waals surface area contributed by atoms with Crippen molar-refractivity contribution in [1.29, 1.82) is 0 Å². The molecule has 3 heterocycles. The van der Waals surface area contributed by atoms with E-state index in [4.69, 9.17) is 14.7 Å². The monoisotopic (exact) mass is 583 g/mol. The molecule has 0 unspecified atom stereocenters. The molecule has 2 aromatic heterocycles. The van der Waals surface area contributed by atoms with Crippen molar-refractivity contribution in [3.8, 4) is 21.8 Å². The van der Waals surface area contributed by atoms with Gasteiger partial charge in [-0.1, -0.05) is 0 Å². The van der Waals surface area contributed by atoms with E-state index in [0.29, 0.717) is 13.1 Å². The van der Waals surface area contributed by atoms with Gasteiger partial charge in [-0.2, -0.15) is 0 Å². The van der Waals surface area contributed by atoms with E-state index in [9.17, 15) is 9.18 Å². The molecule has 0 spiro atoms. The summed E-state index contributed by atoms with van der Waals surface area (Å²) in [6.07, 6.45) is 8.50. The molecular weight excluding hydrogens is 550 g/mol. The van der Waals surface area contributed by atoms with Crippen LogP contribution < -0.4 is 4.61 Å². The van der Waals surface area contributed by atoms with Gasteiger partial charge >= 0.3 is 203 Å². The van der Waals surface area contributed by atoms with Crippen LogP contribution in [0.1, 0.15) is 70.2 Å². The number of hydrogen-bond acceptors (Lipinski definition) is 6. The number of carbonyl (C=O) groups is 1. The molecule has 1 aromatic carbocycles. The number of piperidine rings is 1. The molecule has 0 N–H and O–H groups in total. The topological polar surface area (TPSA) is 68.2 Å². The number of thiazole rings is 1. The van der Waals surface area contributed by atoms with E-state index >= 15 is 0 Å². The number of rotatable bonds is 5. The average Bonchev–Trinajstić information content (AvgIpc) is 3.54. The summed E-state index contributed by atoms with van der Waals surface area (Å²) in [5.41, 5.74) is 2.12. The Labute approximate surface area is 228 Å². The predicted octanol–water partition coefficient (Wildman–Crippen LogP) is 6.21. The van der Waals surface area contributed by atoms with E-state index in [2.05, 4.69) is 4.98 Å². The van der Waals surface area contributed by atoms with Crippen molar-refractivity contribution in [2.75, 3.05) is 13.1 Å². The third-order valence-electron chi connectivity index (χ3n) is 6.76. The second-order valence-corrected chi connectivity index (χ2v) is 14.7. The van der Waals surface area contributed by atoms with Gasteiger partial charge in [0.25, 0.3) is 0 Å². The molecule has 37 heavy (non-hydrogen) atoms. The van der Waals surface area contributed by atoms with Crippen LogP contribution in [0.3, 0.4) is 0 Å². The number of nitrogens with zero attached hydrogens (tertiary/aromatic N) is 4. The minimum absolute atomic E-state index is 0.0530. The molecule has 3 aromatic rings. The normalized spacial score (nSPS) is 17.7. The van der Waals surface area contributed by atoms with Crippen molar-refractivity contribution in [3.05, 3.63) is 47.4 Å². The van der Waals surface area contributed by atoms with Gasteiger partial charge in [-0.15, -0.1) is 0 Å². The fourth-order valence-electron chi connectivity index (χ4n) is 4.86. The molecule has 1 aliphatic heterocycles. The van der Waals surface area contributed by atoms with Crippen LogP contribution in [-0.4, -0.2) is 60.4 Å². The van der Waals surface area contributed by atoms with Gasteiger partial charge in [0.15, 0.2) is 0 Å². The summed E-state index contributed by atoms with van der Waals surface area (Å²) >= 11 is 1.62. The van der Waals surface area contributed by atoms with E-state index in [0.717, 1.165) is 49.0 Å². The Balaban J connectivity index is 1.40. The molecule has 0 bridgehead atoms. The van der Waals surface area contributed by atoms with Gasteiger partial charge in [0.1, 0.15) is 5.60 Å². The fraction of sp³-hybridized carbons (Fsp3) is 0.500. The minimum atomic E-state index is -0.502. The van der Waals surface area contributed by atoms with Crippen LogP contribution in [0.25, 0.3) is 21.8 Å². The van der Waals surface area contributed by atoms with E-state index in [1.54, 1.807) is 28.4 Å². The maximum absolute atomic E-state index is 13.7. The van der Waals surface area contributed by atoms with Crippen LogP contribution in [-0.2, 0) is 4.74 Å². The Morgan fingerprint density at radius 3 is 2.43 bits per heavy atom. The zero-order chi connectivity index (χ0) is 26.0. The Bertz CT molecular complexity index is 1230. The van der Waals surface area contributed by atoms with Crippen LogP contribution >= 0.6 is 11.3 Å². The van der Waals surface area contributed by atoms with Crippen molar-refractivity contribution in [1.82, 2.24) is 19.9 Å². The molecule has 1 amide bonds. The van der Waals surface area contributed by atoms with Gasteiger partial charge in [-0.3, -0.25) is 0 Å². The SMILES string of the molecule is CC(C)(C)OC(=O)N1CCC(c2nc(-c3ccc(F)cc3)c(-c3ccnc([As]C4CCCC4)n3)s2)CC1. The molecule has 5 rings (SSSR count). The van der Waals surface area contributed by atoms with Crippen molar-refractivity contribution in [2.24, 2.45) is 0 Å². The number of halogens is 1. The summed E-state index contributed by atoms with van der Waals surface area (Å²) in [7, 11) is 0. The molecule has 6 nitrogen and oxygen atoms in total. The second-order valence-electron chi connectivity index (χ2n) is 10.8. The number of ether oxygens (including phenoxy) is 1. The number of likely N-dealkylation sites (tertiary alicyclic amines) is 1. The van der Waals surface area contributed by atoms with E-state index in [1.807, 2.05) is 33.0 Å². The Kier molecular flexibility index (Phi) is 7.96. The first-order valence-corrected chi connectivity index (χ1v) is 15.9. The van der Waals surface area contributed by atoms with Crippen molar-refractivity contribution < 1.29 is 13.9 Å². The van der Waals surface area contributed by atoms with Crippen LogP contribution in [0.15, 0.2) is 36.5 Å². The van der Waals surface area contributed by atoms with Crippen molar-refractivity contribution in [3.63, 3.8) is 0 Å². The zero-order valence-electron chi connectivity index (χ0n) is 21.6. The van der Waals surface area contributed by atoms with Gasteiger partial charge in [-0.05, 0) is 20.8 Å². The molecule has 2 fully saturated rings. The van der Waals surface area contributed by atoms with Crippen LogP contribution in [0.5, 0.6) is 0 Å². The number of benzene rings is 1. The zero-order valence-corrected chi connectivity index (χ0v) is 24.3. The van der Waals surface area contributed by atoms with E-state index in [-0.39, 0.29) is 33.6 Å². The summed E-state index contributed by atoms with van der Waals surface area (Å²) in [6.45, 7) is 6.95. The Morgan fingerprint density at radius 1 is 1.05 bits per heavy atom. The summed E-state index contributed by atoms with van der Waals surface area (Å²) in [5, 5.41) is 1.04. The molecule has 1 saturated carbocycles. The molecule has 9 heteroatoms.